The minimum atomic E-state index is -0.644. The summed E-state index contributed by atoms with van der Waals surface area (Å²) in [6.45, 7) is 1.59. The maximum atomic E-state index is 9.25. The fourth-order valence-corrected chi connectivity index (χ4v) is 1.50. The number of hydrogen-bond acceptors (Lipinski definition) is 3. The summed E-state index contributed by atoms with van der Waals surface area (Å²) in [5.41, 5.74) is 1.09. The number of aliphatic hydroxyl groups is 2. The SMILES string of the molecule is CC(O)C(O)Cc1ccsc1. The zero-order valence-corrected chi connectivity index (χ0v) is 7.21. The van der Waals surface area contributed by atoms with E-state index < -0.39 is 12.2 Å². The fourth-order valence-electron chi connectivity index (χ4n) is 0.821. The third-order valence-electron chi connectivity index (χ3n) is 1.58. The van der Waals surface area contributed by atoms with Crippen LogP contribution in [0.15, 0.2) is 16.8 Å². The highest BCUT2D eigenvalue weighted by atomic mass is 32.1. The number of aliphatic hydroxyl groups excluding tert-OH is 2. The molecule has 2 N–H and O–H groups in total. The Morgan fingerprint density at radius 3 is 2.73 bits per heavy atom. The average molecular weight is 172 g/mol. The molecule has 0 fully saturated rings. The Kier molecular flexibility index (Phi) is 3.05. The van der Waals surface area contributed by atoms with E-state index in [-0.39, 0.29) is 0 Å². The summed E-state index contributed by atoms with van der Waals surface area (Å²) in [6, 6.07) is 1.95. The molecule has 1 heterocycles. The summed E-state index contributed by atoms with van der Waals surface area (Å²) >= 11 is 1.60. The van der Waals surface area contributed by atoms with E-state index in [9.17, 15) is 5.11 Å². The van der Waals surface area contributed by atoms with Crippen LogP contribution in [0.4, 0.5) is 0 Å². The summed E-state index contributed by atoms with van der Waals surface area (Å²) in [7, 11) is 0. The Morgan fingerprint density at radius 2 is 2.27 bits per heavy atom. The molecule has 11 heavy (non-hydrogen) atoms. The van der Waals surface area contributed by atoms with E-state index in [2.05, 4.69) is 0 Å². The Balaban J connectivity index is 2.43. The van der Waals surface area contributed by atoms with Gasteiger partial charge in [0.15, 0.2) is 0 Å². The van der Waals surface area contributed by atoms with Crippen LogP contribution in [0.1, 0.15) is 12.5 Å². The van der Waals surface area contributed by atoms with Gasteiger partial charge in [0.2, 0.25) is 0 Å². The van der Waals surface area contributed by atoms with Crippen molar-refractivity contribution in [2.75, 3.05) is 0 Å². The molecule has 0 aliphatic rings. The fraction of sp³-hybridized carbons (Fsp3) is 0.500. The van der Waals surface area contributed by atoms with E-state index in [4.69, 9.17) is 5.11 Å². The van der Waals surface area contributed by atoms with Crippen LogP contribution in [0.5, 0.6) is 0 Å². The summed E-state index contributed by atoms with van der Waals surface area (Å²) in [5, 5.41) is 22.2. The Bertz CT molecular complexity index is 194. The summed E-state index contributed by atoms with van der Waals surface area (Å²) in [5.74, 6) is 0. The zero-order chi connectivity index (χ0) is 8.27. The molecule has 1 aromatic rings. The highest BCUT2D eigenvalue weighted by Gasteiger charge is 2.10. The summed E-state index contributed by atoms with van der Waals surface area (Å²) in [6.07, 6.45) is -0.735. The highest BCUT2D eigenvalue weighted by Crippen LogP contribution is 2.09. The minimum absolute atomic E-state index is 0.543. The maximum absolute atomic E-state index is 9.25. The summed E-state index contributed by atoms with van der Waals surface area (Å²) < 4.78 is 0. The smallest absolute Gasteiger partial charge is 0.0836 e. The molecule has 1 aromatic heterocycles. The summed E-state index contributed by atoms with van der Waals surface area (Å²) in [4.78, 5) is 0. The Labute approximate surface area is 70.1 Å². The molecule has 0 amide bonds. The molecule has 0 spiro atoms. The molecule has 3 heteroatoms. The van der Waals surface area contributed by atoms with E-state index in [1.54, 1.807) is 18.3 Å². The average Bonchev–Trinajstić information content (AvgIpc) is 2.39. The van der Waals surface area contributed by atoms with Crippen LogP contribution in [0, 0.1) is 0 Å². The number of rotatable bonds is 3. The predicted molar refractivity (Wildman–Crippen MR) is 45.7 cm³/mol. The van der Waals surface area contributed by atoms with Gasteiger partial charge in [-0.25, -0.2) is 0 Å². The van der Waals surface area contributed by atoms with Gasteiger partial charge < -0.3 is 10.2 Å². The predicted octanol–water partition coefficient (Wildman–Crippen LogP) is 1.03. The molecule has 0 bridgehead atoms. The monoisotopic (exact) mass is 172 g/mol. The Hall–Kier alpha value is -0.380. The largest absolute Gasteiger partial charge is 0.391 e. The molecule has 0 aliphatic heterocycles. The molecule has 2 atom stereocenters. The highest BCUT2D eigenvalue weighted by molar-refractivity contribution is 7.07. The first-order valence-corrected chi connectivity index (χ1v) is 4.51. The van der Waals surface area contributed by atoms with E-state index >= 15 is 0 Å². The van der Waals surface area contributed by atoms with Crippen molar-refractivity contribution < 1.29 is 10.2 Å². The van der Waals surface area contributed by atoms with E-state index in [1.807, 2.05) is 16.8 Å². The van der Waals surface area contributed by atoms with Crippen LogP contribution in [-0.2, 0) is 6.42 Å². The molecule has 0 saturated heterocycles. The van der Waals surface area contributed by atoms with Crippen molar-refractivity contribution in [3.05, 3.63) is 22.4 Å². The normalized spacial score (nSPS) is 16.3. The topological polar surface area (TPSA) is 40.5 Å². The molecular formula is C8H12O2S. The molecule has 0 aliphatic carbocycles. The van der Waals surface area contributed by atoms with Gasteiger partial charge in [-0.3, -0.25) is 0 Å². The van der Waals surface area contributed by atoms with Gasteiger partial charge in [-0.2, -0.15) is 11.3 Å². The lowest BCUT2D eigenvalue weighted by Crippen LogP contribution is -2.24. The first-order chi connectivity index (χ1) is 5.20. The maximum Gasteiger partial charge on any atom is 0.0836 e. The van der Waals surface area contributed by atoms with Crippen molar-refractivity contribution in [3.8, 4) is 0 Å². The molecule has 2 nitrogen and oxygen atoms in total. The second-order valence-electron chi connectivity index (χ2n) is 2.64. The molecule has 2 unspecified atom stereocenters. The van der Waals surface area contributed by atoms with Crippen LogP contribution in [0.25, 0.3) is 0 Å². The van der Waals surface area contributed by atoms with Gasteiger partial charge in [-0.15, -0.1) is 0 Å². The first kappa shape index (κ1) is 8.71. The van der Waals surface area contributed by atoms with Crippen molar-refractivity contribution in [2.24, 2.45) is 0 Å². The van der Waals surface area contributed by atoms with Crippen LogP contribution in [0.2, 0.25) is 0 Å². The Morgan fingerprint density at radius 1 is 1.55 bits per heavy atom. The standard InChI is InChI=1S/C8H12O2S/c1-6(9)8(10)4-7-2-3-11-5-7/h2-3,5-6,8-10H,4H2,1H3. The van der Waals surface area contributed by atoms with Crippen molar-refractivity contribution >= 4 is 11.3 Å². The molecule has 1 rings (SSSR count). The van der Waals surface area contributed by atoms with Gasteiger partial charge in [-0.05, 0) is 29.3 Å². The van der Waals surface area contributed by atoms with Crippen molar-refractivity contribution in [1.29, 1.82) is 0 Å². The second-order valence-corrected chi connectivity index (χ2v) is 3.42. The number of thiophene rings is 1. The molecular weight excluding hydrogens is 160 g/mol. The lowest BCUT2D eigenvalue weighted by Gasteiger charge is -2.11. The van der Waals surface area contributed by atoms with Crippen LogP contribution in [-0.4, -0.2) is 22.4 Å². The molecule has 0 aromatic carbocycles. The van der Waals surface area contributed by atoms with Crippen molar-refractivity contribution in [2.45, 2.75) is 25.6 Å². The quantitative estimate of drug-likeness (QED) is 0.715. The third-order valence-corrected chi connectivity index (χ3v) is 2.31. The lowest BCUT2D eigenvalue weighted by atomic mass is 10.1. The van der Waals surface area contributed by atoms with Gasteiger partial charge in [0, 0.05) is 6.42 Å². The van der Waals surface area contributed by atoms with E-state index in [0.29, 0.717) is 6.42 Å². The molecule has 62 valence electrons. The minimum Gasteiger partial charge on any atom is -0.391 e. The van der Waals surface area contributed by atoms with Crippen molar-refractivity contribution in [3.63, 3.8) is 0 Å². The van der Waals surface area contributed by atoms with Crippen LogP contribution in [0.3, 0.4) is 0 Å². The molecule has 0 radical (unpaired) electrons. The van der Waals surface area contributed by atoms with E-state index in [1.165, 1.54) is 0 Å². The van der Waals surface area contributed by atoms with Crippen molar-refractivity contribution in [1.82, 2.24) is 0 Å². The lowest BCUT2D eigenvalue weighted by molar-refractivity contribution is 0.0320. The zero-order valence-electron chi connectivity index (χ0n) is 6.40. The van der Waals surface area contributed by atoms with Gasteiger partial charge in [0.05, 0.1) is 12.2 Å². The van der Waals surface area contributed by atoms with Crippen LogP contribution < -0.4 is 0 Å². The van der Waals surface area contributed by atoms with Gasteiger partial charge in [-0.1, -0.05) is 0 Å². The van der Waals surface area contributed by atoms with E-state index in [0.717, 1.165) is 5.56 Å². The van der Waals surface area contributed by atoms with Crippen LogP contribution >= 0.6 is 11.3 Å². The molecule has 0 saturated carbocycles. The van der Waals surface area contributed by atoms with Gasteiger partial charge in [0.25, 0.3) is 0 Å². The first-order valence-electron chi connectivity index (χ1n) is 3.57. The second kappa shape index (κ2) is 3.85. The van der Waals surface area contributed by atoms with Gasteiger partial charge >= 0.3 is 0 Å². The third kappa shape index (κ3) is 2.61. The number of hydrogen-bond donors (Lipinski definition) is 2. The van der Waals surface area contributed by atoms with Gasteiger partial charge in [0.1, 0.15) is 0 Å².